The molecule has 1 aromatic rings. The molecular formula is C8H10Se2. The van der Waals surface area contributed by atoms with Gasteiger partial charge in [0, 0.05) is 0 Å². The third-order valence-electron chi connectivity index (χ3n) is 1.28. The van der Waals surface area contributed by atoms with Crippen LogP contribution >= 0.6 is 0 Å². The third kappa shape index (κ3) is 2.14. The molecule has 0 bridgehead atoms. The zero-order chi connectivity index (χ0) is 7.40. The van der Waals surface area contributed by atoms with Crippen LogP contribution in [0.15, 0.2) is 24.3 Å². The van der Waals surface area contributed by atoms with Crippen LogP contribution in [0.4, 0.5) is 0 Å². The van der Waals surface area contributed by atoms with E-state index in [1.54, 1.807) is 0 Å². The van der Waals surface area contributed by atoms with E-state index in [9.17, 15) is 0 Å². The Balaban J connectivity index is 2.87. The van der Waals surface area contributed by atoms with Gasteiger partial charge in [0.15, 0.2) is 0 Å². The number of hydrogen-bond acceptors (Lipinski definition) is 0. The van der Waals surface area contributed by atoms with Gasteiger partial charge >= 0.3 is 74.7 Å². The van der Waals surface area contributed by atoms with E-state index in [4.69, 9.17) is 0 Å². The van der Waals surface area contributed by atoms with Crippen molar-refractivity contribution in [1.82, 2.24) is 0 Å². The van der Waals surface area contributed by atoms with Crippen molar-refractivity contribution >= 4 is 38.8 Å². The van der Waals surface area contributed by atoms with E-state index in [0.29, 0.717) is 29.9 Å². The maximum absolute atomic E-state index is 2.33. The summed E-state index contributed by atoms with van der Waals surface area (Å²) in [6.45, 7) is 0. The Hall–Kier alpha value is 0.259. The topological polar surface area (TPSA) is 0 Å². The fourth-order valence-corrected chi connectivity index (χ4v) is 3.03. The molecule has 0 saturated heterocycles. The molecule has 0 aliphatic carbocycles. The summed E-state index contributed by atoms with van der Waals surface area (Å²) in [5.41, 5.74) is 0. The molecule has 0 N–H and O–H groups in total. The van der Waals surface area contributed by atoms with Crippen LogP contribution in [-0.2, 0) is 0 Å². The Morgan fingerprint density at radius 1 is 1.00 bits per heavy atom. The third-order valence-corrected chi connectivity index (χ3v) is 4.32. The Kier molecular flexibility index (Phi) is 3.51. The van der Waals surface area contributed by atoms with E-state index in [-0.39, 0.29) is 0 Å². The first-order valence-corrected chi connectivity index (χ1v) is 8.19. The summed E-state index contributed by atoms with van der Waals surface area (Å²) >= 11 is 1.34. The molecular weight excluding hydrogens is 254 g/mol. The molecule has 54 valence electrons. The number of benzene rings is 1. The quantitative estimate of drug-likeness (QED) is 0.680. The summed E-state index contributed by atoms with van der Waals surface area (Å²) in [5, 5.41) is 0. The molecule has 0 spiro atoms. The Morgan fingerprint density at radius 3 is 1.90 bits per heavy atom. The van der Waals surface area contributed by atoms with Crippen LogP contribution in [0.1, 0.15) is 0 Å². The predicted octanol–water partition coefficient (Wildman–Crippen LogP) is 0.442. The van der Waals surface area contributed by atoms with Crippen molar-refractivity contribution in [2.75, 3.05) is 0 Å². The summed E-state index contributed by atoms with van der Waals surface area (Å²) in [6, 6.07) is 8.94. The molecule has 0 aliphatic rings. The summed E-state index contributed by atoms with van der Waals surface area (Å²) < 4.78 is 3.04. The second-order valence-corrected chi connectivity index (χ2v) is 5.57. The zero-order valence-corrected chi connectivity index (χ0v) is 9.55. The van der Waals surface area contributed by atoms with Crippen LogP contribution in [0.25, 0.3) is 0 Å². The SMILES string of the molecule is C[Se]c1cccc([Se]C)c1. The van der Waals surface area contributed by atoms with Gasteiger partial charge in [-0.2, -0.15) is 0 Å². The summed E-state index contributed by atoms with van der Waals surface area (Å²) in [4.78, 5) is 0. The first-order valence-electron chi connectivity index (χ1n) is 3.05. The van der Waals surface area contributed by atoms with Crippen molar-refractivity contribution < 1.29 is 0 Å². The molecule has 0 aliphatic heterocycles. The number of rotatable bonds is 2. The van der Waals surface area contributed by atoms with Gasteiger partial charge in [0.25, 0.3) is 0 Å². The molecule has 0 nitrogen and oxygen atoms in total. The molecule has 0 amide bonds. The van der Waals surface area contributed by atoms with Gasteiger partial charge in [0.05, 0.1) is 0 Å². The monoisotopic (exact) mass is 266 g/mol. The van der Waals surface area contributed by atoms with Crippen LogP contribution in [0.2, 0.25) is 11.6 Å². The molecule has 0 radical (unpaired) electrons. The minimum absolute atomic E-state index is 0.668. The zero-order valence-electron chi connectivity index (χ0n) is 6.13. The summed E-state index contributed by atoms with van der Waals surface area (Å²) in [7, 11) is 0. The van der Waals surface area contributed by atoms with E-state index in [1.165, 1.54) is 8.92 Å². The van der Waals surface area contributed by atoms with Crippen LogP contribution in [0, 0.1) is 0 Å². The van der Waals surface area contributed by atoms with Gasteiger partial charge in [0.2, 0.25) is 0 Å². The Bertz CT molecular complexity index is 189. The fourth-order valence-electron chi connectivity index (χ4n) is 0.728. The molecule has 0 aromatic heterocycles. The molecule has 10 heavy (non-hydrogen) atoms. The van der Waals surface area contributed by atoms with Gasteiger partial charge in [-0.1, -0.05) is 0 Å². The predicted molar refractivity (Wildman–Crippen MR) is 48.9 cm³/mol. The van der Waals surface area contributed by atoms with E-state index in [2.05, 4.69) is 35.9 Å². The molecule has 0 fully saturated rings. The maximum atomic E-state index is 2.33. The normalized spacial score (nSPS) is 9.80. The van der Waals surface area contributed by atoms with Gasteiger partial charge < -0.3 is 0 Å². The van der Waals surface area contributed by atoms with Crippen LogP contribution in [0.5, 0.6) is 0 Å². The summed E-state index contributed by atoms with van der Waals surface area (Å²) in [6.07, 6.45) is 0. The Morgan fingerprint density at radius 2 is 1.50 bits per heavy atom. The first-order chi connectivity index (χ1) is 4.86. The van der Waals surface area contributed by atoms with Crippen LogP contribution in [-0.4, -0.2) is 29.9 Å². The molecule has 1 rings (SSSR count). The van der Waals surface area contributed by atoms with Crippen molar-refractivity contribution in [2.45, 2.75) is 11.6 Å². The van der Waals surface area contributed by atoms with Gasteiger partial charge in [-0.15, -0.1) is 0 Å². The van der Waals surface area contributed by atoms with E-state index in [0.717, 1.165) is 0 Å². The second kappa shape index (κ2) is 4.20. The molecule has 0 atom stereocenters. The standard InChI is InChI=1S/C8H10Se2/c1-9-7-4-3-5-8(6-7)10-2/h3-6H,1-2H3. The van der Waals surface area contributed by atoms with Crippen molar-refractivity contribution in [3.8, 4) is 0 Å². The van der Waals surface area contributed by atoms with E-state index < -0.39 is 0 Å². The number of hydrogen-bond donors (Lipinski definition) is 0. The fraction of sp³-hybridized carbons (Fsp3) is 0.250. The molecule has 0 unspecified atom stereocenters. The van der Waals surface area contributed by atoms with Crippen LogP contribution < -0.4 is 8.92 Å². The van der Waals surface area contributed by atoms with E-state index >= 15 is 0 Å². The average Bonchev–Trinajstić information content (AvgIpc) is 2.05. The molecule has 0 heterocycles. The van der Waals surface area contributed by atoms with E-state index in [1.807, 2.05) is 0 Å². The second-order valence-electron chi connectivity index (χ2n) is 1.88. The van der Waals surface area contributed by atoms with Crippen molar-refractivity contribution in [1.29, 1.82) is 0 Å². The first kappa shape index (κ1) is 8.36. The average molecular weight is 264 g/mol. The van der Waals surface area contributed by atoms with Crippen LogP contribution in [0.3, 0.4) is 0 Å². The molecule has 2 heteroatoms. The molecule has 1 aromatic carbocycles. The van der Waals surface area contributed by atoms with Crippen molar-refractivity contribution in [3.63, 3.8) is 0 Å². The summed E-state index contributed by atoms with van der Waals surface area (Å²) in [5.74, 6) is 4.52. The van der Waals surface area contributed by atoms with Gasteiger partial charge in [0.1, 0.15) is 0 Å². The molecule has 0 saturated carbocycles. The Labute approximate surface area is 74.7 Å². The van der Waals surface area contributed by atoms with Crippen molar-refractivity contribution in [2.24, 2.45) is 0 Å². The minimum atomic E-state index is 0.668. The van der Waals surface area contributed by atoms with Gasteiger partial charge in [-0.25, -0.2) is 0 Å². The van der Waals surface area contributed by atoms with Gasteiger partial charge in [-0.05, 0) is 0 Å². The van der Waals surface area contributed by atoms with Crippen molar-refractivity contribution in [3.05, 3.63) is 24.3 Å². The van der Waals surface area contributed by atoms with Gasteiger partial charge in [-0.3, -0.25) is 0 Å².